The van der Waals surface area contributed by atoms with Crippen LogP contribution in [0.2, 0.25) is 0 Å². The largest absolute Gasteiger partial charge is 0.468 e. The maximum absolute atomic E-state index is 12.1. The summed E-state index contributed by atoms with van der Waals surface area (Å²) in [4.78, 5) is 35.2. The normalized spacial score (nSPS) is 10.0. The van der Waals surface area contributed by atoms with Crippen LogP contribution < -0.4 is 0 Å². The van der Waals surface area contributed by atoms with Crippen LogP contribution in [0.3, 0.4) is 0 Å². The Hall–Kier alpha value is -2.09. The lowest BCUT2D eigenvalue weighted by Crippen LogP contribution is -2.40. The van der Waals surface area contributed by atoms with Crippen molar-refractivity contribution in [3.05, 3.63) is 11.6 Å². The topological polar surface area (TPSA) is 69.7 Å². The summed E-state index contributed by atoms with van der Waals surface area (Å²) in [5, 5.41) is 0. The molecule has 0 aromatic heterocycles. The number of ether oxygens (including phenoxy) is 2. The van der Waals surface area contributed by atoms with Crippen LogP contribution in [0.15, 0.2) is 11.6 Å². The van der Waals surface area contributed by atoms with E-state index in [9.17, 15) is 14.4 Å². The monoisotopic (exact) mass is 308 g/mol. The van der Waals surface area contributed by atoms with Gasteiger partial charge in [-0.15, -0.1) is 11.8 Å². The van der Waals surface area contributed by atoms with Gasteiger partial charge in [0, 0.05) is 19.3 Å². The number of hydrogen-bond donors (Lipinski definition) is 0. The molecule has 0 atom stereocenters. The molecule has 0 saturated carbocycles. The maximum Gasteiger partial charge on any atom is 0.324 e. The number of methoxy groups -OCH3 is 2. The molecular weight excluding hydrogens is 284 g/mol. The third-order valence-corrected chi connectivity index (χ3v) is 3.13. The van der Waals surface area contributed by atoms with Gasteiger partial charge < -0.3 is 9.47 Å². The predicted octanol–water partition coefficient (Wildman–Crippen LogP) is 2.44. The minimum Gasteiger partial charge on any atom is -0.468 e. The van der Waals surface area contributed by atoms with E-state index in [0.29, 0.717) is 12.8 Å². The van der Waals surface area contributed by atoms with Gasteiger partial charge in [0.2, 0.25) is 0 Å². The molecule has 22 heavy (non-hydrogen) atoms. The minimum absolute atomic E-state index is 0.00592. The van der Waals surface area contributed by atoms with Crippen molar-refractivity contribution in [2.24, 2.45) is 5.41 Å². The first-order valence-corrected chi connectivity index (χ1v) is 7.05. The minimum atomic E-state index is -1.47. The molecule has 0 spiro atoms. The van der Waals surface area contributed by atoms with Gasteiger partial charge in [-0.25, -0.2) is 0 Å². The molecule has 0 aromatic carbocycles. The summed E-state index contributed by atoms with van der Waals surface area (Å²) in [5.74, 6) is 4.32. The average molecular weight is 308 g/mol. The van der Waals surface area contributed by atoms with Crippen molar-refractivity contribution in [3.8, 4) is 11.8 Å². The van der Waals surface area contributed by atoms with E-state index in [1.165, 1.54) is 21.1 Å². The molecule has 0 aliphatic heterocycles. The van der Waals surface area contributed by atoms with E-state index in [1.807, 2.05) is 13.8 Å². The molecule has 5 nitrogen and oxygen atoms in total. The number of hydrogen-bond acceptors (Lipinski definition) is 5. The van der Waals surface area contributed by atoms with E-state index in [-0.39, 0.29) is 18.6 Å². The van der Waals surface area contributed by atoms with Gasteiger partial charge in [0.25, 0.3) is 0 Å². The highest BCUT2D eigenvalue weighted by molar-refractivity contribution is 6.00. The van der Waals surface area contributed by atoms with Crippen LogP contribution in [0.1, 0.15) is 46.5 Å². The summed E-state index contributed by atoms with van der Waals surface area (Å²) in [6.45, 7) is 5.24. The van der Waals surface area contributed by atoms with E-state index in [0.717, 1.165) is 5.57 Å². The predicted molar refractivity (Wildman–Crippen MR) is 82.8 cm³/mol. The van der Waals surface area contributed by atoms with E-state index in [2.05, 4.69) is 11.8 Å². The van der Waals surface area contributed by atoms with Crippen LogP contribution in [-0.4, -0.2) is 31.9 Å². The Morgan fingerprint density at radius 3 is 1.95 bits per heavy atom. The molecule has 0 aliphatic rings. The number of carbonyl (C=O) groups is 3. The van der Waals surface area contributed by atoms with Crippen LogP contribution in [0.5, 0.6) is 0 Å². The summed E-state index contributed by atoms with van der Waals surface area (Å²) in [5.41, 5.74) is -0.494. The average Bonchev–Trinajstić information content (AvgIpc) is 2.48. The quantitative estimate of drug-likeness (QED) is 0.313. The smallest absolute Gasteiger partial charge is 0.324 e. The van der Waals surface area contributed by atoms with E-state index in [1.54, 1.807) is 6.08 Å². The van der Waals surface area contributed by atoms with Gasteiger partial charge in [-0.2, -0.15) is 0 Å². The first kappa shape index (κ1) is 19.9. The lowest BCUT2D eigenvalue weighted by molar-refractivity contribution is -0.168. The van der Waals surface area contributed by atoms with Crippen LogP contribution >= 0.6 is 0 Å². The third kappa shape index (κ3) is 6.13. The van der Waals surface area contributed by atoms with Crippen molar-refractivity contribution in [1.82, 2.24) is 0 Å². The molecule has 0 radical (unpaired) electrons. The Labute approximate surface area is 132 Å². The number of allylic oxidation sites excluding steroid dienone is 2. The molecule has 5 heteroatoms. The number of Topliss-reactive ketones (excluding diaryl/α,β-unsaturated/α-hetero) is 1. The summed E-state index contributed by atoms with van der Waals surface area (Å²) in [6, 6.07) is 0. The fourth-order valence-corrected chi connectivity index (χ4v) is 1.78. The van der Waals surface area contributed by atoms with Crippen LogP contribution in [0, 0.1) is 17.3 Å². The Morgan fingerprint density at radius 1 is 1.00 bits per heavy atom. The summed E-state index contributed by atoms with van der Waals surface area (Å²) in [6.07, 6.45) is 2.69. The molecule has 0 heterocycles. The summed E-state index contributed by atoms with van der Waals surface area (Å²) in [7, 11) is 2.46. The zero-order valence-electron chi connectivity index (χ0n) is 13.9. The van der Waals surface area contributed by atoms with Crippen molar-refractivity contribution < 1.29 is 23.9 Å². The molecule has 0 unspecified atom stereocenters. The van der Waals surface area contributed by atoms with Gasteiger partial charge in [-0.1, -0.05) is 11.6 Å². The molecule has 0 aliphatic carbocycles. The van der Waals surface area contributed by atoms with Crippen LogP contribution in [0.25, 0.3) is 0 Å². The Bertz CT molecular complexity index is 485. The van der Waals surface area contributed by atoms with Crippen molar-refractivity contribution in [2.75, 3.05) is 14.2 Å². The lowest BCUT2D eigenvalue weighted by atomic mass is 9.80. The molecule has 0 N–H and O–H groups in total. The van der Waals surface area contributed by atoms with Gasteiger partial charge in [-0.05, 0) is 27.2 Å². The van der Waals surface area contributed by atoms with Crippen LogP contribution in [-0.2, 0) is 23.9 Å². The van der Waals surface area contributed by atoms with Crippen LogP contribution in [0.4, 0.5) is 0 Å². The summed E-state index contributed by atoms with van der Waals surface area (Å²) < 4.78 is 9.55. The number of esters is 2. The fourth-order valence-electron chi connectivity index (χ4n) is 1.78. The Balaban J connectivity index is 5.35. The molecule has 0 saturated heterocycles. The highest BCUT2D eigenvalue weighted by Gasteiger charge is 2.47. The zero-order valence-corrected chi connectivity index (χ0v) is 13.9. The number of rotatable bonds is 7. The highest BCUT2D eigenvalue weighted by atomic mass is 16.5. The number of carbonyl (C=O) groups excluding carboxylic acids is 3. The van der Waals surface area contributed by atoms with Crippen molar-refractivity contribution in [1.29, 1.82) is 0 Å². The summed E-state index contributed by atoms with van der Waals surface area (Å²) >= 11 is 0. The van der Waals surface area contributed by atoms with Gasteiger partial charge in [-0.3, -0.25) is 14.4 Å². The first-order chi connectivity index (χ1) is 10.3. The molecule has 122 valence electrons. The third-order valence-electron chi connectivity index (χ3n) is 3.13. The Kier molecular flexibility index (Phi) is 8.85. The molecule has 0 fully saturated rings. The first-order valence-electron chi connectivity index (χ1n) is 7.05. The van der Waals surface area contributed by atoms with Gasteiger partial charge in [0.05, 0.1) is 14.2 Å². The molecule has 0 aromatic rings. The van der Waals surface area contributed by atoms with E-state index >= 15 is 0 Å². The van der Waals surface area contributed by atoms with Gasteiger partial charge in [0.1, 0.15) is 5.78 Å². The highest BCUT2D eigenvalue weighted by Crippen LogP contribution is 2.31. The standard InChI is InChI=1S/C17H24O5/c1-13(2)10-12-17(15(19)21-4,16(20)22-5)11-8-6-7-9-14(3)18/h10H,7,9,11-12H2,1-5H3. The van der Waals surface area contributed by atoms with Crippen molar-refractivity contribution >= 4 is 17.7 Å². The molecule has 0 rings (SSSR count). The molecule has 0 bridgehead atoms. The maximum atomic E-state index is 12.1. The fraction of sp³-hybridized carbons (Fsp3) is 0.588. The lowest BCUT2D eigenvalue weighted by Gasteiger charge is -2.25. The van der Waals surface area contributed by atoms with Crippen molar-refractivity contribution in [3.63, 3.8) is 0 Å². The molecule has 0 amide bonds. The number of ketones is 1. The van der Waals surface area contributed by atoms with Gasteiger partial charge in [0.15, 0.2) is 5.41 Å². The van der Waals surface area contributed by atoms with E-state index < -0.39 is 17.4 Å². The SMILES string of the molecule is COC(=O)C(CC#CCCC(C)=O)(CC=C(C)C)C(=O)OC. The zero-order chi connectivity index (χ0) is 17.2. The second-order valence-corrected chi connectivity index (χ2v) is 5.28. The molecular formula is C17H24O5. The van der Waals surface area contributed by atoms with E-state index in [4.69, 9.17) is 9.47 Å². The Morgan fingerprint density at radius 2 is 1.55 bits per heavy atom. The van der Waals surface area contributed by atoms with Gasteiger partial charge >= 0.3 is 11.9 Å². The second-order valence-electron chi connectivity index (χ2n) is 5.28. The van der Waals surface area contributed by atoms with Crippen molar-refractivity contribution in [2.45, 2.75) is 46.5 Å². The second kappa shape index (κ2) is 9.78.